The van der Waals surface area contributed by atoms with Gasteiger partial charge < -0.3 is 4.90 Å². The van der Waals surface area contributed by atoms with E-state index >= 15 is 0 Å². The molecule has 0 aliphatic carbocycles. The summed E-state index contributed by atoms with van der Waals surface area (Å²) in [5.74, 6) is 1.01. The Morgan fingerprint density at radius 1 is 1.00 bits per heavy atom. The maximum Gasteiger partial charge on any atom is 0.162 e. The predicted octanol–water partition coefficient (Wildman–Crippen LogP) is 4.74. The van der Waals surface area contributed by atoms with E-state index in [9.17, 15) is 4.79 Å². The first-order chi connectivity index (χ1) is 11.3. The summed E-state index contributed by atoms with van der Waals surface area (Å²) in [7, 11) is 0. The SMILES string of the molecule is CCC(=O)c1ccc(N2CCC(Cc3ccccc3)CC2)cc1. The molecule has 1 aliphatic rings. The quantitative estimate of drug-likeness (QED) is 0.744. The zero-order chi connectivity index (χ0) is 16.1. The van der Waals surface area contributed by atoms with Gasteiger partial charge in [-0.25, -0.2) is 0 Å². The fourth-order valence-electron chi connectivity index (χ4n) is 3.40. The van der Waals surface area contributed by atoms with Crippen molar-refractivity contribution < 1.29 is 4.79 Å². The summed E-state index contributed by atoms with van der Waals surface area (Å²) in [5.41, 5.74) is 3.53. The number of anilines is 1. The molecule has 1 saturated heterocycles. The summed E-state index contributed by atoms with van der Waals surface area (Å²) in [5, 5.41) is 0. The second kappa shape index (κ2) is 7.45. The highest BCUT2D eigenvalue weighted by Gasteiger charge is 2.19. The molecule has 2 heteroatoms. The van der Waals surface area contributed by atoms with Crippen molar-refractivity contribution in [2.24, 2.45) is 5.92 Å². The molecule has 0 aromatic heterocycles. The highest BCUT2D eigenvalue weighted by atomic mass is 16.1. The van der Waals surface area contributed by atoms with Crippen LogP contribution in [0.25, 0.3) is 0 Å². The fraction of sp³-hybridized carbons (Fsp3) is 0.381. The van der Waals surface area contributed by atoms with Gasteiger partial charge in [0.15, 0.2) is 5.78 Å². The molecule has 1 fully saturated rings. The molecule has 0 atom stereocenters. The highest BCUT2D eigenvalue weighted by Crippen LogP contribution is 2.26. The summed E-state index contributed by atoms with van der Waals surface area (Å²) < 4.78 is 0. The molecule has 3 rings (SSSR count). The Morgan fingerprint density at radius 2 is 1.65 bits per heavy atom. The Hall–Kier alpha value is -2.09. The number of carbonyl (C=O) groups is 1. The second-order valence-electron chi connectivity index (χ2n) is 6.44. The Bertz CT molecular complexity index is 625. The lowest BCUT2D eigenvalue weighted by molar-refractivity contribution is 0.0988. The zero-order valence-corrected chi connectivity index (χ0v) is 13.9. The van der Waals surface area contributed by atoms with Crippen LogP contribution in [0.1, 0.15) is 42.1 Å². The third kappa shape index (κ3) is 4.01. The Balaban J connectivity index is 1.55. The van der Waals surface area contributed by atoms with Crippen molar-refractivity contribution in [2.45, 2.75) is 32.6 Å². The van der Waals surface area contributed by atoms with E-state index in [1.807, 2.05) is 19.1 Å². The van der Waals surface area contributed by atoms with Crippen LogP contribution in [0.3, 0.4) is 0 Å². The number of carbonyl (C=O) groups excluding carboxylic acids is 1. The van der Waals surface area contributed by atoms with E-state index in [2.05, 4.69) is 47.4 Å². The van der Waals surface area contributed by atoms with E-state index in [1.165, 1.54) is 30.5 Å². The van der Waals surface area contributed by atoms with Crippen molar-refractivity contribution in [1.82, 2.24) is 0 Å². The minimum Gasteiger partial charge on any atom is -0.372 e. The maximum atomic E-state index is 11.7. The van der Waals surface area contributed by atoms with Crippen LogP contribution in [0.2, 0.25) is 0 Å². The van der Waals surface area contributed by atoms with Crippen molar-refractivity contribution >= 4 is 11.5 Å². The zero-order valence-electron chi connectivity index (χ0n) is 13.9. The number of benzene rings is 2. The summed E-state index contributed by atoms with van der Waals surface area (Å²) in [6, 6.07) is 18.9. The molecule has 2 nitrogen and oxygen atoms in total. The van der Waals surface area contributed by atoms with Crippen molar-refractivity contribution in [1.29, 1.82) is 0 Å². The molecule has 0 N–H and O–H groups in total. The van der Waals surface area contributed by atoms with Gasteiger partial charge in [-0.05, 0) is 55.0 Å². The summed E-state index contributed by atoms with van der Waals surface area (Å²) in [6.07, 6.45) is 4.25. The number of piperidine rings is 1. The summed E-state index contributed by atoms with van der Waals surface area (Å²) >= 11 is 0. The monoisotopic (exact) mass is 307 g/mol. The lowest BCUT2D eigenvalue weighted by Gasteiger charge is -2.33. The molecule has 0 radical (unpaired) electrons. The van der Waals surface area contributed by atoms with Gasteiger partial charge in [-0.15, -0.1) is 0 Å². The number of ketones is 1. The van der Waals surface area contributed by atoms with Gasteiger partial charge >= 0.3 is 0 Å². The molecule has 2 aromatic carbocycles. The first kappa shape index (κ1) is 15.8. The fourth-order valence-corrected chi connectivity index (χ4v) is 3.40. The van der Waals surface area contributed by atoms with Crippen molar-refractivity contribution in [3.8, 4) is 0 Å². The first-order valence-corrected chi connectivity index (χ1v) is 8.68. The molecular weight excluding hydrogens is 282 g/mol. The Kier molecular flexibility index (Phi) is 5.12. The molecule has 1 heterocycles. The van der Waals surface area contributed by atoms with E-state index in [4.69, 9.17) is 0 Å². The average molecular weight is 307 g/mol. The van der Waals surface area contributed by atoms with Gasteiger partial charge in [0.25, 0.3) is 0 Å². The van der Waals surface area contributed by atoms with E-state index in [-0.39, 0.29) is 5.78 Å². The van der Waals surface area contributed by atoms with Crippen LogP contribution >= 0.6 is 0 Å². The van der Waals surface area contributed by atoms with E-state index < -0.39 is 0 Å². The summed E-state index contributed by atoms with van der Waals surface area (Å²) in [6.45, 7) is 4.13. The highest BCUT2D eigenvalue weighted by molar-refractivity contribution is 5.96. The van der Waals surface area contributed by atoms with Crippen molar-refractivity contribution in [2.75, 3.05) is 18.0 Å². The van der Waals surface area contributed by atoms with E-state index in [0.717, 1.165) is 24.6 Å². The number of hydrogen-bond acceptors (Lipinski definition) is 2. The molecule has 0 bridgehead atoms. The van der Waals surface area contributed by atoms with Crippen LogP contribution in [0.5, 0.6) is 0 Å². The minimum atomic E-state index is 0.220. The lowest BCUT2D eigenvalue weighted by Crippen LogP contribution is -2.34. The largest absolute Gasteiger partial charge is 0.372 e. The third-order valence-electron chi connectivity index (χ3n) is 4.86. The minimum absolute atomic E-state index is 0.220. The Morgan fingerprint density at radius 3 is 2.26 bits per heavy atom. The van der Waals surface area contributed by atoms with Gasteiger partial charge in [0, 0.05) is 30.8 Å². The van der Waals surface area contributed by atoms with E-state index in [0.29, 0.717) is 6.42 Å². The topological polar surface area (TPSA) is 20.3 Å². The summed E-state index contributed by atoms with van der Waals surface area (Å²) in [4.78, 5) is 14.2. The molecule has 0 spiro atoms. The molecule has 0 amide bonds. The maximum absolute atomic E-state index is 11.7. The molecule has 120 valence electrons. The number of nitrogens with zero attached hydrogens (tertiary/aromatic N) is 1. The molecular formula is C21H25NO. The second-order valence-corrected chi connectivity index (χ2v) is 6.44. The van der Waals surface area contributed by atoms with Crippen molar-refractivity contribution in [3.63, 3.8) is 0 Å². The van der Waals surface area contributed by atoms with Gasteiger partial charge in [-0.3, -0.25) is 4.79 Å². The predicted molar refractivity (Wildman–Crippen MR) is 96.1 cm³/mol. The molecule has 0 saturated carbocycles. The Labute approximate surface area is 139 Å². The average Bonchev–Trinajstić information content (AvgIpc) is 2.63. The van der Waals surface area contributed by atoms with Crippen LogP contribution in [0, 0.1) is 5.92 Å². The van der Waals surface area contributed by atoms with Crippen LogP contribution in [0.4, 0.5) is 5.69 Å². The smallest absolute Gasteiger partial charge is 0.162 e. The van der Waals surface area contributed by atoms with Gasteiger partial charge in [0.05, 0.1) is 0 Å². The van der Waals surface area contributed by atoms with Gasteiger partial charge in [0.1, 0.15) is 0 Å². The van der Waals surface area contributed by atoms with Gasteiger partial charge in [-0.2, -0.15) is 0 Å². The van der Waals surface area contributed by atoms with Crippen LogP contribution in [0.15, 0.2) is 54.6 Å². The molecule has 2 aromatic rings. The number of Topliss-reactive ketones (excluding diaryl/α,β-unsaturated/α-hetero) is 1. The molecule has 23 heavy (non-hydrogen) atoms. The van der Waals surface area contributed by atoms with E-state index in [1.54, 1.807) is 0 Å². The third-order valence-corrected chi connectivity index (χ3v) is 4.86. The molecule has 0 unspecified atom stereocenters. The standard InChI is InChI=1S/C21H25NO/c1-2-21(23)19-8-10-20(11-9-19)22-14-12-18(13-15-22)16-17-6-4-3-5-7-17/h3-11,18H,2,12-16H2,1H3. The first-order valence-electron chi connectivity index (χ1n) is 8.68. The van der Waals surface area contributed by atoms with Gasteiger partial charge in [0.2, 0.25) is 0 Å². The number of hydrogen-bond donors (Lipinski definition) is 0. The molecule has 1 aliphatic heterocycles. The van der Waals surface area contributed by atoms with Gasteiger partial charge in [-0.1, -0.05) is 37.3 Å². The number of rotatable bonds is 5. The lowest BCUT2D eigenvalue weighted by atomic mass is 9.90. The van der Waals surface area contributed by atoms with Crippen LogP contribution < -0.4 is 4.90 Å². The van der Waals surface area contributed by atoms with Crippen LogP contribution in [-0.4, -0.2) is 18.9 Å². The van der Waals surface area contributed by atoms with Crippen LogP contribution in [-0.2, 0) is 6.42 Å². The normalized spacial score (nSPS) is 15.6. The van der Waals surface area contributed by atoms with Crippen molar-refractivity contribution in [3.05, 3.63) is 65.7 Å².